The largest absolute Gasteiger partial charge is 0.359 e. The molecule has 5 heteroatoms. The third kappa shape index (κ3) is 3.30. The first kappa shape index (κ1) is 18.7. The van der Waals surface area contributed by atoms with E-state index in [4.69, 9.17) is 0 Å². The number of nitrogens with one attached hydrogen (secondary N) is 1. The molecule has 1 atom stereocenters. The lowest BCUT2D eigenvalue weighted by atomic mass is 9.73. The molecular formula is C23H27N3O2. The number of benzene rings is 1. The van der Waals surface area contributed by atoms with Gasteiger partial charge in [0.05, 0.1) is 0 Å². The quantitative estimate of drug-likeness (QED) is 0.894. The second kappa shape index (κ2) is 7.38. The van der Waals surface area contributed by atoms with Gasteiger partial charge < -0.3 is 10.2 Å². The van der Waals surface area contributed by atoms with Crippen LogP contribution in [0.1, 0.15) is 58.9 Å². The van der Waals surface area contributed by atoms with Gasteiger partial charge in [-0.3, -0.25) is 9.59 Å². The lowest BCUT2D eigenvalue weighted by Gasteiger charge is -2.40. The van der Waals surface area contributed by atoms with E-state index in [-0.39, 0.29) is 23.1 Å². The molecule has 2 aromatic rings. The second-order valence-corrected chi connectivity index (χ2v) is 8.10. The van der Waals surface area contributed by atoms with E-state index in [2.05, 4.69) is 34.6 Å². The summed E-state index contributed by atoms with van der Waals surface area (Å²) in [6.07, 6.45) is 3.40. The van der Waals surface area contributed by atoms with Crippen LogP contribution in [0.5, 0.6) is 0 Å². The highest BCUT2D eigenvalue weighted by Crippen LogP contribution is 2.52. The van der Waals surface area contributed by atoms with E-state index in [1.165, 1.54) is 11.1 Å². The molecule has 1 aromatic carbocycles. The monoisotopic (exact) mass is 377 g/mol. The highest BCUT2D eigenvalue weighted by atomic mass is 16.2. The molecule has 0 saturated carbocycles. The molecule has 5 nitrogen and oxygen atoms in total. The van der Waals surface area contributed by atoms with Crippen molar-refractivity contribution in [2.24, 2.45) is 0 Å². The number of aryl methyl sites for hydroxylation is 1. The SMILES string of the molecule is CNC(=O)CC1CC2(CCN(C(=O)c3cccc(C)n3)CC2)c2ccccc21. The number of nitrogens with zero attached hydrogens (tertiary/aromatic N) is 2. The minimum absolute atomic E-state index is 0.0201. The Morgan fingerprint density at radius 3 is 2.61 bits per heavy atom. The zero-order chi connectivity index (χ0) is 19.7. The van der Waals surface area contributed by atoms with Crippen LogP contribution >= 0.6 is 0 Å². The summed E-state index contributed by atoms with van der Waals surface area (Å²) in [5, 5.41) is 2.76. The highest BCUT2D eigenvalue weighted by molar-refractivity contribution is 5.92. The molecular weight excluding hydrogens is 350 g/mol. The average molecular weight is 377 g/mol. The molecule has 2 amide bonds. The van der Waals surface area contributed by atoms with Crippen molar-refractivity contribution < 1.29 is 9.59 Å². The van der Waals surface area contributed by atoms with Gasteiger partial charge in [-0.25, -0.2) is 4.98 Å². The van der Waals surface area contributed by atoms with E-state index in [0.29, 0.717) is 12.1 Å². The van der Waals surface area contributed by atoms with Crippen LogP contribution in [0.25, 0.3) is 0 Å². The number of aromatic nitrogens is 1. The fourth-order valence-corrected chi connectivity index (χ4v) is 4.97. The van der Waals surface area contributed by atoms with Gasteiger partial charge in [0.25, 0.3) is 5.91 Å². The van der Waals surface area contributed by atoms with Crippen LogP contribution in [0.2, 0.25) is 0 Å². The average Bonchev–Trinajstić information content (AvgIpc) is 3.01. The Morgan fingerprint density at radius 1 is 1.14 bits per heavy atom. The van der Waals surface area contributed by atoms with Crippen molar-refractivity contribution in [1.82, 2.24) is 15.2 Å². The standard InChI is InChI=1S/C23H27N3O2/c1-16-6-5-9-20(25-16)22(28)26-12-10-23(11-13-26)15-17(14-21(27)24-2)18-7-3-4-8-19(18)23/h3-9,17H,10-15H2,1-2H3,(H,24,27). The number of amides is 2. The van der Waals surface area contributed by atoms with Crippen molar-refractivity contribution in [1.29, 1.82) is 0 Å². The summed E-state index contributed by atoms with van der Waals surface area (Å²) in [6.45, 7) is 3.37. The number of fused-ring (bicyclic) bond motifs is 2. The van der Waals surface area contributed by atoms with Gasteiger partial charge in [0.1, 0.15) is 5.69 Å². The van der Waals surface area contributed by atoms with Gasteiger partial charge in [-0.05, 0) is 60.8 Å². The summed E-state index contributed by atoms with van der Waals surface area (Å²) >= 11 is 0. The van der Waals surface area contributed by atoms with E-state index >= 15 is 0 Å². The van der Waals surface area contributed by atoms with Gasteiger partial charge in [0, 0.05) is 32.3 Å². The van der Waals surface area contributed by atoms with Gasteiger partial charge in [-0.15, -0.1) is 0 Å². The number of hydrogen-bond donors (Lipinski definition) is 1. The number of hydrogen-bond acceptors (Lipinski definition) is 3. The molecule has 1 aromatic heterocycles. The van der Waals surface area contributed by atoms with Gasteiger partial charge in [-0.2, -0.15) is 0 Å². The minimum atomic E-state index is 0.0201. The molecule has 1 spiro atoms. The second-order valence-electron chi connectivity index (χ2n) is 8.10. The molecule has 2 aliphatic rings. The van der Waals surface area contributed by atoms with E-state index < -0.39 is 0 Å². The first-order valence-corrected chi connectivity index (χ1v) is 10.1. The predicted molar refractivity (Wildman–Crippen MR) is 108 cm³/mol. The summed E-state index contributed by atoms with van der Waals surface area (Å²) in [7, 11) is 1.70. The first-order chi connectivity index (χ1) is 13.5. The Kier molecular flexibility index (Phi) is 4.92. The molecule has 1 unspecified atom stereocenters. The number of piperidine rings is 1. The molecule has 1 N–H and O–H groups in total. The molecule has 1 saturated heterocycles. The molecule has 28 heavy (non-hydrogen) atoms. The van der Waals surface area contributed by atoms with Crippen LogP contribution in [-0.2, 0) is 10.2 Å². The first-order valence-electron chi connectivity index (χ1n) is 10.1. The van der Waals surface area contributed by atoms with Gasteiger partial charge in [0.15, 0.2) is 0 Å². The van der Waals surface area contributed by atoms with Crippen molar-refractivity contribution >= 4 is 11.8 Å². The van der Waals surface area contributed by atoms with Crippen molar-refractivity contribution in [3.8, 4) is 0 Å². The van der Waals surface area contributed by atoms with E-state index in [1.54, 1.807) is 13.1 Å². The third-order valence-corrected chi connectivity index (χ3v) is 6.43. The number of carbonyl (C=O) groups excluding carboxylic acids is 2. The fourth-order valence-electron chi connectivity index (χ4n) is 4.97. The molecule has 1 aliphatic carbocycles. The summed E-state index contributed by atoms with van der Waals surface area (Å²) in [4.78, 5) is 31.2. The van der Waals surface area contributed by atoms with E-state index in [0.717, 1.165) is 38.0 Å². The van der Waals surface area contributed by atoms with Crippen LogP contribution < -0.4 is 5.32 Å². The number of pyridine rings is 1. The molecule has 146 valence electrons. The highest BCUT2D eigenvalue weighted by Gasteiger charge is 2.46. The smallest absolute Gasteiger partial charge is 0.272 e. The number of rotatable bonds is 3. The normalized spacial score (nSPS) is 20.1. The minimum Gasteiger partial charge on any atom is -0.359 e. The zero-order valence-corrected chi connectivity index (χ0v) is 16.6. The van der Waals surface area contributed by atoms with E-state index in [9.17, 15) is 9.59 Å². The Labute approximate surface area is 166 Å². The Balaban J connectivity index is 1.52. The van der Waals surface area contributed by atoms with Crippen molar-refractivity contribution in [3.05, 3.63) is 65.0 Å². The lowest BCUT2D eigenvalue weighted by molar-refractivity contribution is -0.121. The molecule has 0 bridgehead atoms. The lowest BCUT2D eigenvalue weighted by Crippen LogP contribution is -2.44. The topological polar surface area (TPSA) is 62.3 Å². The Morgan fingerprint density at radius 2 is 1.89 bits per heavy atom. The summed E-state index contributed by atoms with van der Waals surface area (Å²) in [5.74, 6) is 0.374. The maximum absolute atomic E-state index is 12.9. The molecule has 1 fully saturated rings. The predicted octanol–water partition coefficient (Wildman–Crippen LogP) is 3.19. The summed E-state index contributed by atoms with van der Waals surface area (Å²) in [6, 6.07) is 14.1. The molecule has 4 rings (SSSR count). The van der Waals surface area contributed by atoms with Crippen LogP contribution in [0.4, 0.5) is 0 Å². The maximum Gasteiger partial charge on any atom is 0.272 e. The van der Waals surface area contributed by atoms with Crippen molar-refractivity contribution in [3.63, 3.8) is 0 Å². The van der Waals surface area contributed by atoms with Crippen LogP contribution in [0.15, 0.2) is 42.5 Å². The Hall–Kier alpha value is -2.69. The Bertz CT molecular complexity index is 900. The van der Waals surface area contributed by atoms with Crippen molar-refractivity contribution in [2.75, 3.05) is 20.1 Å². The zero-order valence-electron chi connectivity index (χ0n) is 16.6. The van der Waals surface area contributed by atoms with E-state index in [1.807, 2.05) is 24.0 Å². The number of carbonyl (C=O) groups is 2. The molecule has 2 heterocycles. The van der Waals surface area contributed by atoms with Gasteiger partial charge >= 0.3 is 0 Å². The van der Waals surface area contributed by atoms with Crippen LogP contribution in [-0.4, -0.2) is 41.8 Å². The molecule has 0 radical (unpaired) electrons. The number of likely N-dealkylation sites (tertiary alicyclic amines) is 1. The van der Waals surface area contributed by atoms with Gasteiger partial charge in [0.2, 0.25) is 5.91 Å². The van der Waals surface area contributed by atoms with Gasteiger partial charge in [-0.1, -0.05) is 30.3 Å². The summed E-state index contributed by atoms with van der Waals surface area (Å²) in [5.41, 5.74) is 4.16. The fraction of sp³-hybridized carbons (Fsp3) is 0.435. The maximum atomic E-state index is 12.9. The van der Waals surface area contributed by atoms with Crippen molar-refractivity contribution in [2.45, 2.75) is 43.9 Å². The van der Waals surface area contributed by atoms with Crippen LogP contribution in [0.3, 0.4) is 0 Å². The summed E-state index contributed by atoms with van der Waals surface area (Å²) < 4.78 is 0. The third-order valence-electron chi connectivity index (χ3n) is 6.43. The van der Waals surface area contributed by atoms with Crippen LogP contribution in [0, 0.1) is 6.92 Å². The molecule has 1 aliphatic heterocycles.